The second-order valence-electron chi connectivity index (χ2n) is 8.39. The molecule has 1 aliphatic heterocycles. The van der Waals surface area contributed by atoms with Crippen LogP contribution < -0.4 is 14.4 Å². The van der Waals surface area contributed by atoms with Gasteiger partial charge in [0.15, 0.2) is 17.5 Å². The van der Waals surface area contributed by atoms with Crippen molar-refractivity contribution in [3.8, 4) is 11.5 Å². The maximum absolute atomic E-state index is 5.61. The van der Waals surface area contributed by atoms with Gasteiger partial charge in [-0.2, -0.15) is 0 Å². The van der Waals surface area contributed by atoms with E-state index in [0.29, 0.717) is 6.04 Å². The second-order valence-corrected chi connectivity index (χ2v) is 8.39. The molecule has 158 valence electrons. The van der Waals surface area contributed by atoms with Crippen molar-refractivity contribution in [3.63, 3.8) is 0 Å². The van der Waals surface area contributed by atoms with Crippen LogP contribution in [0.4, 0.5) is 0 Å². The molecule has 0 radical (unpaired) electrons. The summed E-state index contributed by atoms with van der Waals surface area (Å²) < 4.78 is 13.2. The van der Waals surface area contributed by atoms with Gasteiger partial charge in [-0.3, -0.25) is 0 Å². The summed E-state index contributed by atoms with van der Waals surface area (Å²) in [5, 5.41) is 13.2. The van der Waals surface area contributed by atoms with E-state index in [1.165, 1.54) is 63.4 Å². The molecule has 1 N–H and O–H groups in total. The Morgan fingerprint density at radius 3 is 2.31 bits per heavy atom. The van der Waals surface area contributed by atoms with Crippen LogP contribution in [0.3, 0.4) is 0 Å². The van der Waals surface area contributed by atoms with Crippen molar-refractivity contribution in [2.24, 2.45) is 0 Å². The summed E-state index contributed by atoms with van der Waals surface area (Å²) in [5.74, 6) is 2.52. The van der Waals surface area contributed by atoms with E-state index in [1.807, 2.05) is 6.07 Å². The summed E-state index contributed by atoms with van der Waals surface area (Å²) in [7, 11) is 3.38. The second kappa shape index (κ2) is 9.57. The molecule has 0 spiro atoms. The maximum Gasteiger partial charge on any atom is 0.214 e. The fraction of sp³-hybridized carbons (Fsp3) is 0.682. The average molecular weight is 401 g/mol. The number of nitrogens with one attached hydrogen (secondary N) is 1. The molecule has 0 bridgehead atoms. The molecule has 2 fully saturated rings. The van der Waals surface area contributed by atoms with E-state index in [1.54, 1.807) is 19.1 Å². The highest BCUT2D eigenvalue weighted by Crippen LogP contribution is 2.33. The van der Waals surface area contributed by atoms with Crippen LogP contribution in [0, 0.1) is 0 Å². The number of aromatic nitrogens is 4. The minimum Gasteiger partial charge on any atom is -0.493 e. The summed E-state index contributed by atoms with van der Waals surface area (Å²) in [4.78, 5) is 1.56. The molecule has 1 aromatic carbocycles. The summed E-state index contributed by atoms with van der Waals surface area (Å²) in [6.07, 6.45) is 11.3. The van der Waals surface area contributed by atoms with Gasteiger partial charge in [0, 0.05) is 5.56 Å². The number of hydrogen-bond acceptors (Lipinski definition) is 5. The van der Waals surface area contributed by atoms with Gasteiger partial charge >= 0.3 is 0 Å². The van der Waals surface area contributed by atoms with E-state index in [-0.39, 0.29) is 6.04 Å². The first-order valence-corrected chi connectivity index (χ1v) is 11.2. The van der Waals surface area contributed by atoms with Gasteiger partial charge in [0.05, 0.1) is 33.4 Å². The molecule has 2 aliphatic rings. The number of hydrogen-bond donors (Lipinski definition) is 1. The fourth-order valence-electron chi connectivity index (χ4n) is 5.05. The maximum atomic E-state index is 5.61. The molecule has 2 heterocycles. The van der Waals surface area contributed by atoms with Crippen LogP contribution in [0.1, 0.15) is 81.3 Å². The van der Waals surface area contributed by atoms with E-state index < -0.39 is 0 Å². The van der Waals surface area contributed by atoms with Gasteiger partial charge in [-0.15, -0.1) is 5.10 Å². The Morgan fingerprint density at radius 2 is 1.62 bits per heavy atom. The van der Waals surface area contributed by atoms with Gasteiger partial charge in [0.25, 0.3) is 0 Å². The summed E-state index contributed by atoms with van der Waals surface area (Å²) >= 11 is 0. The molecule has 4 rings (SSSR count). The largest absolute Gasteiger partial charge is 0.493 e. The molecule has 2 aromatic rings. The van der Waals surface area contributed by atoms with Crippen LogP contribution in [-0.4, -0.2) is 47.5 Å². The SMILES string of the molecule is COc1ccc([C@@H](c2nnnn2C2CCCCC2)[NH+]2CCCCCC2)cc1OC. The normalized spacial score (nSPS) is 20.2. The molecule has 7 nitrogen and oxygen atoms in total. The molecular formula is C22H34N5O2+. The van der Waals surface area contributed by atoms with Gasteiger partial charge in [0.2, 0.25) is 5.82 Å². The van der Waals surface area contributed by atoms with E-state index in [0.717, 1.165) is 30.4 Å². The third-order valence-corrected chi connectivity index (χ3v) is 6.59. The van der Waals surface area contributed by atoms with E-state index in [4.69, 9.17) is 9.47 Å². The highest BCUT2D eigenvalue weighted by Gasteiger charge is 2.34. The van der Waals surface area contributed by atoms with Crippen molar-refractivity contribution in [2.45, 2.75) is 69.9 Å². The molecule has 7 heteroatoms. The number of quaternary nitrogens is 1. The van der Waals surface area contributed by atoms with Crippen LogP contribution in [0.2, 0.25) is 0 Å². The Bertz CT molecular complexity index is 779. The molecule has 1 aliphatic carbocycles. The number of tetrazole rings is 1. The number of likely N-dealkylation sites (tertiary alicyclic amines) is 1. The lowest BCUT2D eigenvalue weighted by Gasteiger charge is -2.30. The van der Waals surface area contributed by atoms with Crippen LogP contribution in [-0.2, 0) is 0 Å². The zero-order valence-electron chi connectivity index (χ0n) is 17.8. The van der Waals surface area contributed by atoms with Crippen molar-refractivity contribution in [1.82, 2.24) is 20.2 Å². The van der Waals surface area contributed by atoms with E-state index in [2.05, 4.69) is 32.3 Å². The number of rotatable bonds is 6. The Balaban J connectivity index is 1.74. The molecule has 0 amide bonds. The van der Waals surface area contributed by atoms with Crippen molar-refractivity contribution in [2.75, 3.05) is 27.3 Å². The topological polar surface area (TPSA) is 66.5 Å². The molecule has 0 unspecified atom stereocenters. The lowest BCUT2D eigenvalue weighted by molar-refractivity contribution is -0.925. The minimum absolute atomic E-state index is 0.116. The average Bonchev–Trinajstić information content (AvgIpc) is 3.09. The molecule has 1 saturated carbocycles. The minimum atomic E-state index is 0.116. The number of nitrogens with zero attached hydrogens (tertiary/aromatic N) is 4. The number of methoxy groups -OCH3 is 2. The van der Waals surface area contributed by atoms with Crippen LogP contribution in [0.25, 0.3) is 0 Å². The Labute approximate surface area is 173 Å². The number of benzene rings is 1. The zero-order chi connectivity index (χ0) is 20.1. The van der Waals surface area contributed by atoms with E-state index >= 15 is 0 Å². The summed E-state index contributed by atoms with van der Waals surface area (Å²) in [5.41, 5.74) is 1.20. The third-order valence-electron chi connectivity index (χ3n) is 6.59. The Hall–Kier alpha value is -2.15. The lowest BCUT2D eigenvalue weighted by Crippen LogP contribution is -3.12. The quantitative estimate of drug-likeness (QED) is 0.808. The van der Waals surface area contributed by atoms with Gasteiger partial charge in [-0.1, -0.05) is 19.3 Å². The van der Waals surface area contributed by atoms with Crippen LogP contribution >= 0.6 is 0 Å². The van der Waals surface area contributed by atoms with Gasteiger partial charge in [-0.05, 0) is 67.2 Å². The van der Waals surface area contributed by atoms with Gasteiger partial charge in [-0.25, -0.2) is 4.68 Å². The van der Waals surface area contributed by atoms with Crippen LogP contribution in [0.15, 0.2) is 18.2 Å². The highest BCUT2D eigenvalue weighted by atomic mass is 16.5. The first-order valence-electron chi connectivity index (χ1n) is 11.2. The molecule has 1 saturated heterocycles. The lowest BCUT2D eigenvalue weighted by atomic mass is 9.95. The van der Waals surface area contributed by atoms with Crippen LogP contribution in [0.5, 0.6) is 11.5 Å². The smallest absolute Gasteiger partial charge is 0.214 e. The molecular weight excluding hydrogens is 366 g/mol. The molecule has 29 heavy (non-hydrogen) atoms. The summed E-state index contributed by atoms with van der Waals surface area (Å²) in [6.45, 7) is 2.30. The Kier molecular flexibility index (Phi) is 6.64. The van der Waals surface area contributed by atoms with E-state index in [9.17, 15) is 0 Å². The first kappa shape index (κ1) is 20.1. The number of ether oxygens (including phenoxy) is 2. The van der Waals surface area contributed by atoms with Crippen molar-refractivity contribution in [3.05, 3.63) is 29.6 Å². The van der Waals surface area contributed by atoms with Crippen molar-refractivity contribution < 1.29 is 14.4 Å². The predicted octanol–water partition coefficient (Wildman–Crippen LogP) is 2.74. The Morgan fingerprint density at radius 1 is 0.931 bits per heavy atom. The van der Waals surface area contributed by atoms with Crippen molar-refractivity contribution >= 4 is 0 Å². The fourth-order valence-corrected chi connectivity index (χ4v) is 5.05. The van der Waals surface area contributed by atoms with Gasteiger partial charge in [0.1, 0.15) is 0 Å². The molecule has 1 aromatic heterocycles. The highest BCUT2D eigenvalue weighted by molar-refractivity contribution is 5.44. The molecule has 1 atom stereocenters. The van der Waals surface area contributed by atoms with Gasteiger partial charge < -0.3 is 14.4 Å². The van der Waals surface area contributed by atoms with Crippen molar-refractivity contribution in [1.29, 1.82) is 0 Å². The third kappa shape index (κ3) is 4.39. The zero-order valence-corrected chi connectivity index (χ0v) is 17.8. The summed E-state index contributed by atoms with van der Waals surface area (Å²) in [6, 6.07) is 6.81. The monoisotopic (exact) mass is 400 g/mol. The first-order chi connectivity index (χ1) is 14.3. The predicted molar refractivity (Wildman–Crippen MR) is 110 cm³/mol. The standard InChI is InChI=1S/C22H33N5O2/c1-28-19-13-12-17(16-20(19)29-2)21(26-14-8-3-4-9-15-26)22-23-24-25-27(22)18-10-6-5-7-11-18/h12-13,16,18,21H,3-11,14-15H2,1-2H3/p+1/t21-/m0/s1.